The van der Waals surface area contributed by atoms with Gasteiger partial charge in [-0.15, -0.1) is 0 Å². The monoisotopic (exact) mass is 219 g/mol. The molecule has 1 atom stereocenters. The first-order valence-corrected chi connectivity index (χ1v) is 6.01. The number of ether oxygens (including phenoxy) is 2. The molecule has 2 aliphatic heterocycles. The normalized spacial score (nSPS) is 24.7. The van der Waals surface area contributed by atoms with Gasteiger partial charge in [-0.05, 0) is 37.9 Å². The standard InChI is InChI=1S/C13H17NO2/c1-9-15-12-4-2-3-11(13(12)16-9)10-5-7-14-8-6-10/h2-4,9-10,14H,5-8H2,1H3. The van der Waals surface area contributed by atoms with Crippen LogP contribution in [0, 0.1) is 0 Å². The van der Waals surface area contributed by atoms with E-state index in [1.165, 1.54) is 18.4 Å². The number of hydrogen-bond donors (Lipinski definition) is 1. The van der Waals surface area contributed by atoms with Crippen molar-refractivity contribution in [1.29, 1.82) is 0 Å². The van der Waals surface area contributed by atoms with Crippen LogP contribution >= 0.6 is 0 Å². The number of para-hydroxylation sites is 1. The lowest BCUT2D eigenvalue weighted by atomic mass is 9.89. The number of hydrogen-bond acceptors (Lipinski definition) is 3. The first-order valence-electron chi connectivity index (χ1n) is 6.01. The lowest BCUT2D eigenvalue weighted by Crippen LogP contribution is -2.26. The number of rotatable bonds is 1. The molecule has 2 aliphatic rings. The minimum atomic E-state index is -0.141. The molecule has 1 fully saturated rings. The van der Waals surface area contributed by atoms with Crippen LogP contribution in [0.25, 0.3) is 0 Å². The maximum atomic E-state index is 5.75. The van der Waals surface area contributed by atoms with Gasteiger partial charge in [0, 0.05) is 12.5 Å². The average Bonchev–Trinajstić information content (AvgIpc) is 2.70. The Morgan fingerprint density at radius 2 is 2.00 bits per heavy atom. The maximum absolute atomic E-state index is 5.75. The van der Waals surface area contributed by atoms with Crippen LogP contribution in [0.5, 0.6) is 11.5 Å². The highest BCUT2D eigenvalue weighted by Crippen LogP contribution is 2.43. The van der Waals surface area contributed by atoms with Crippen molar-refractivity contribution < 1.29 is 9.47 Å². The molecule has 0 amide bonds. The summed E-state index contributed by atoms with van der Waals surface area (Å²) in [6.45, 7) is 4.14. The topological polar surface area (TPSA) is 30.5 Å². The largest absolute Gasteiger partial charge is 0.451 e. The van der Waals surface area contributed by atoms with Crippen molar-refractivity contribution >= 4 is 0 Å². The summed E-state index contributed by atoms with van der Waals surface area (Å²) in [5, 5.41) is 3.39. The van der Waals surface area contributed by atoms with E-state index in [-0.39, 0.29) is 6.29 Å². The van der Waals surface area contributed by atoms with Gasteiger partial charge in [-0.2, -0.15) is 0 Å². The van der Waals surface area contributed by atoms with E-state index >= 15 is 0 Å². The van der Waals surface area contributed by atoms with Gasteiger partial charge in [-0.1, -0.05) is 12.1 Å². The molecule has 0 bridgehead atoms. The first-order chi connectivity index (χ1) is 7.84. The predicted octanol–water partition coefficient (Wildman–Crippen LogP) is 2.27. The highest BCUT2D eigenvalue weighted by molar-refractivity contribution is 5.50. The van der Waals surface area contributed by atoms with Gasteiger partial charge >= 0.3 is 0 Å². The van der Waals surface area contributed by atoms with Crippen molar-refractivity contribution in [1.82, 2.24) is 5.32 Å². The molecule has 0 spiro atoms. The molecular weight excluding hydrogens is 202 g/mol. The molecule has 1 unspecified atom stereocenters. The summed E-state index contributed by atoms with van der Waals surface area (Å²) >= 11 is 0. The second kappa shape index (κ2) is 3.98. The summed E-state index contributed by atoms with van der Waals surface area (Å²) in [7, 11) is 0. The van der Waals surface area contributed by atoms with E-state index in [4.69, 9.17) is 9.47 Å². The molecule has 16 heavy (non-hydrogen) atoms. The Bertz CT molecular complexity index is 386. The molecule has 3 heteroatoms. The molecule has 1 N–H and O–H groups in total. The zero-order valence-electron chi connectivity index (χ0n) is 9.53. The van der Waals surface area contributed by atoms with Crippen molar-refractivity contribution in [3.63, 3.8) is 0 Å². The van der Waals surface area contributed by atoms with Gasteiger partial charge in [-0.3, -0.25) is 0 Å². The van der Waals surface area contributed by atoms with E-state index in [0.717, 1.165) is 24.6 Å². The van der Waals surface area contributed by atoms with E-state index in [1.807, 2.05) is 13.0 Å². The lowest BCUT2D eigenvalue weighted by molar-refractivity contribution is 0.0671. The molecule has 3 rings (SSSR count). The molecule has 2 heterocycles. The zero-order valence-corrected chi connectivity index (χ0v) is 9.53. The van der Waals surface area contributed by atoms with E-state index < -0.39 is 0 Å². The van der Waals surface area contributed by atoms with Crippen molar-refractivity contribution in [2.45, 2.75) is 32.0 Å². The average molecular weight is 219 g/mol. The first kappa shape index (κ1) is 9.97. The van der Waals surface area contributed by atoms with Crippen LogP contribution in [0.4, 0.5) is 0 Å². The quantitative estimate of drug-likeness (QED) is 0.786. The van der Waals surface area contributed by atoms with Gasteiger partial charge in [0.1, 0.15) is 0 Å². The summed E-state index contributed by atoms with van der Waals surface area (Å²) in [5.74, 6) is 2.50. The van der Waals surface area contributed by atoms with Gasteiger partial charge in [-0.25, -0.2) is 0 Å². The third kappa shape index (κ3) is 1.65. The molecule has 3 nitrogen and oxygen atoms in total. The van der Waals surface area contributed by atoms with Crippen LogP contribution in [0.3, 0.4) is 0 Å². The van der Waals surface area contributed by atoms with Gasteiger partial charge < -0.3 is 14.8 Å². The molecule has 0 radical (unpaired) electrons. The summed E-state index contributed by atoms with van der Waals surface area (Å²) in [6, 6.07) is 6.23. The van der Waals surface area contributed by atoms with E-state index in [1.54, 1.807) is 0 Å². The fourth-order valence-electron chi connectivity index (χ4n) is 2.57. The van der Waals surface area contributed by atoms with E-state index in [9.17, 15) is 0 Å². The van der Waals surface area contributed by atoms with Crippen LogP contribution in [0.15, 0.2) is 18.2 Å². The Labute approximate surface area is 95.8 Å². The zero-order chi connectivity index (χ0) is 11.0. The Morgan fingerprint density at radius 3 is 2.81 bits per heavy atom. The molecule has 0 aliphatic carbocycles. The minimum Gasteiger partial charge on any atom is -0.451 e. The Morgan fingerprint density at radius 1 is 1.19 bits per heavy atom. The second-order valence-corrected chi connectivity index (χ2v) is 4.50. The fourth-order valence-corrected chi connectivity index (χ4v) is 2.57. The van der Waals surface area contributed by atoms with Crippen LogP contribution in [0.2, 0.25) is 0 Å². The fraction of sp³-hybridized carbons (Fsp3) is 0.538. The summed E-state index contributed by atoms with van der Waals surface area (Å²) in [6.07, 6.45) is 2.24. The number of piperidine rings is 1. The van der Waals surface area contributed by atoms with Crippen molar-refractivity contribution in [2.75, 3.05) is 13.1 Å². The van der Waals surface area contributed by atoms with Crippen molar-refractivity contribution in [2.24, 2.45) is 0 Å². The van der Waals surface area contributed by atoms with E-state index in [0.29, 0.717) is 5.92 Å². The van der Waals surface area contributed by atoms with Crippen molar-refractivity contribution in [3.8, 4) is 11.5 Å². The molecule has 1 aromatic carbocycles. The lowest BCUT2D eigenvalue weighted by Gasteiger charge is -2.23. The summed E-state index contributed by atoms with van der Waals surface area (Å²) in [5.41, 5.74) is 1.32. The highest BCUT2D eigenvalue weighted by Gasteiger charge is 2.27. The van der Waals surface area contributed by atoms with Crippen LogP contribution < -0.4 is 14.8 Å². The molecular formula is C13H17NO2. The number of nitrogens with one attached hydrogen (secondary N) is 1. The SMILES string of the molecule is CC1Oc2cccc(C3CCNCC3)c2O1. The van der Waals surface area contributed by atoms with Crippen molar-refractivity contribution in [3.05, 3.63) is 23.8 Å². The number of benzene rings is 1. The van der Waals surface area contributed by atoms with E-state index in [2.05, 4.69) is 17.4 Å². The van der Waals surface area contributed by atoms with Gasteiger partial charge in [0.15, 0.2) is 11.5 Å². The molecule has 86 valence electrons. The Kier molecular flexibility index (Phi) is 2.48. The Balaban J connectivity index is 1.92. The maximum Gasteiger partial charge on any atom is 0.238 e. The minimum absolute atomic E-state index is 0.141. The second-order valence-electron chi connectivity index (χ2n) is 4.50. The number of fused-ring (bicyclic) bond motifs is 1. The van der Waals surface area contributed by atoms with Gasteiger partial charge in [0.25, 0.3) is 0 Å². The van der Waals surface area contributed by atoms with Crippen LogP contribution in [-0.4, -0.2) is 19.4 Å². The third-order valence-electron chi connectivity index (χ3n) is 3.37. The Hall–Kier alpha value is -1.22. The summed E-state index contributed by atoms with van der Waals surface area (Å²) in [4.78, 5) is 0. The summed E-state index contributed by atoms with van der Waals surface area (Å²) < 4.78 is 11.3. The van der Waals surface area contributed by atoms with Crippen LogP contribution in [-0.2, 0) is 0 Å². The third-order valence-corrected chi connectivity index (χ3v) is 3.37. The molecule has 0 aromatic heterocycles. The molecule has 1 aromatic rings. The highest BCUT2D eigenvalue weighted by atomic mass is 16.7. The van der Waals surface area contributed by atoms with Crippen LogP contribution in [0.1, 0.15) is 31.2 Å². The predicted molar refractivity (Wildman–Crippen MR) is 62.0 cm³/mol. The van der Waals surface area contributed by atoms with Gasteiger partial charge in [0.2, 0.25) is 6.29 Å². The van der Waals surface area contributed by atoms with Gasteiger partial charge in [0.05, 0.1) is 0 Å². The molecule has 1 saturated heterocycles. The molecule has 0 saturated carbocycles. The smallest absolute Gasteiger partial charge is 0.238 e.